The number of carbonyl (C=O) groups is 1. The topological polar surface area (TPSA) is 106 Å². The van der Waals surface area contributed by atoms with Crippen molar-refractivity contribution < 1.29 is 31.8 Å². The average Bonchev–Trinajstić information content (AvgIpc) is 2.75. The number of benzene rings is 2. The maximum Gasteiger partial charge on any atom is 0.232 e. The van der Waals surface area contributed by atoms with E-state index in [0.717, 1.165) is 0 Å². The SMILES string of the molecule is CCCS(=O)(=O)Nc1cc(F)c(F)c(C(=O)c2ccc3ncc(OCCO)cc3c2)c1Cl. The largest absolute Gasteiger partial charge is 0.490 e. The summed E-state index contributed by atoms with van der Waals surface area (Å²) in [5.74, 6) is -3.76. The normalized spacial score (nSPS) is 11.5. The van der Waals surface area contributed by atoms with E-state index in [1.807, 2.05) is 0 Å². The lowest BCUT2D eigenvalue weighted by Gasteiger charge is -2.13. The van der Waals surface area contributed by atoms with Crippen LogP contribution in [-0.2, 0) is 10.0 Å². The monoisotopic (exact) mass is 484 g/mol. The van der Waals surface area contributed by atoms with Crippen molar-refractivity contribution in [2.45, 2.75) is 13.3 Å². The first-order chi connectivity index (χ1) is 15.2. The summed E-state index contributed by atoms with van der Waals surface area (Å²) in [6.07, 6.45) is 1.73. The van der Waals surface area contributed by atoms with Crippen molar-refractivity contribution in [2.24, 2.45) is 0 Å². The van der Waals surface area contributed by atoms with Crippen LogP contribution in [0, 0.1) is 11.6 Å². The molecule has 2 aromatic carbocycles. The Labute approximate surface area is 188 Å². The number of aliphatic hydroxyl groups excluding tert-OH is 1. The van der Waals surface area contributed by atoms with Crippen molar-refractivity contribution in [2.75, 3.05) is 23.7 Å². The van der Waals surface area contributed by atoms with Gasteiger partial charge in [-0.3, -0.25) is 14.5 Å². The molecule has 0 spiro atoms. The van der Waals surface area contributed by atoms with Gasteiger partial charge in [-0.2, -0.15) is 0 Å². The first-order valence-corrected chi connectivity index (χ1v) is 11.6. The second kappa shape index (κ2) is 9.76. The summed E-state index contributed by atoms with van der Waals surface area (Å²) in [6, 6.07) is 6.44. The van der Waals surface area contributed by atoms with Crippen LogP contribution in [-0.4, -0.2) is 43.3 Å². The molecule has 0 amide bonds. The number of carbonyl (C=O) groups excluding carboxylic acids is 1. The number of fused-ring (bicyclic) bond motifs is 1. The number of ketones is 1. The van der Waals surface area contributed by atoms with Gasteiger partial charge in [0.25, 0.3) is 0 Å². The lowest BCUT2D eigenvalue weighted by atomic mass is 10.00. The van der Waals surface area contributed by atoms with Gasteiger partial charge in [0.15, 0.2) is 17.4 Å². The average molecular weight is 485 g/mol. The lowest BCUT2D eigenvalue weighted by Crippen LogP contribution is -2.18. The molecular weight excluding hydrogens is 466 g/mol. The van der Waals surface area contributed by atoms with E-state index in [4.69, 9.17) is 21.4 Å². The molecule has 2 N–H and O–H groups in total. The third kappa shape index (κ3) is 5.14. The molecule has 1 heterocycles. The van der Waals surface area contributed by atoms with Crippen molar-refractivity contribution in [3.05, 3.63) is 64.3 Å². The summed E-state index contributed by atoms with van der Waals surface area (Å²) in [6.45, 7) is 1.49. The number of aromatic nitrogens is 1. The van der Waals surface area contributed by atoms with E-state index in [9.17, 15) is 22.0 Å². The quantitative estimate of drug-likeness (QED) is 0.352. The smallest absolute Gasteiger partial charge is 0.232 e. The van der Waals surface area contributed by atoms with E-state index in [0.29, 0.717) is 22.7 Å². The molecule has 32 heavy (non-hydrogen) atoms. The number of sulfonamides is 1. The van der Waals surface area contributed by atoms with Crippen LogP contribution in [0.15, 0.2) is 36.5 Å². The molecule has 3 aromatic rings. The van der Waals surface area contributed by atoms with Gasteiger partial charge in [-0.15, -0.1) is 0 Å². The zero-order valence-electron chi connectivity index (χ0n) is 16.9. The molecule has 11 heteroatoms. The van der Waals surface area contributed by atoms with Crippen LogP contribution in [0.3, 0.4) is 0 Å². The number of ether oxygens (including phenoxy) is 1. The highest BCUT2D eigenvalue weighted by Gasteiger charge is 2.26. The highest BCUT2D eigenvalue weighted by molar-refractivity contribution is 7.92. The van der Waals surface area contributed by atoms with Gasteiger partial charge in [-0.05, 0) is 30.7 Å². The van der Waals surface area contributed by atoms with Gasteiger partial charge in [0, 0.05) is 17.0 Å². The second-order valence-electron chi connectivity index (χ2n) is 6.81. The highest BCUT2D eigenvalue weighted by Crippen LogP contribution is 2.33. The van der Waals surface area contributed by atoms with Crippen molar-refractivity contribution in [1.82, 2.24) is 4.98 Å². The van der Waals surface area contributed by atoms with Crippen LogP contribution in [0.5, 0.6) is 5.75 Å². The Bertz CT molecular complexity index is 1280. The zero-order valence-corrected chi connectivity index (χ0v) is 18.4. The van der Waals surface area contributed by atoms with Gasteiger partial charge in [-0.1, -0.05) is 18.5 Å². The van der Waals surface area contributed by atoms with E-state index >= 15 is 0 Å². The molecule has 7 nitrogen and oxygen atoms in total. The Balaban J connectivity index is 2.05. The maximum absolute atomic E-state index is 14.6. The number of halogens is 3. The Hall–Kier alpha value is -2.82. The minimum absolute atomic E-state index is 0.0210. The van der Waals surface area contributed by atoms with Crippen LogP contribution in [0.4, 0.5) is 14.5 Å². The first-order valence-electron chi connectivity index (χ1n) is 9.53. The van der Waals surface area contributed by atoms with Crippen molar-refractivity contribution in [3.63, 3.8) is 0 Å². The fourth-order valence-electron chi connectivity index (χ4n) is 3.00. The van der Waals surface area contributed by atoms with Gasteiger partial charge in [0.05, 0.1) is 40.3 Å². The Morgan fingerprint density at radius 1 is 1.25 bits per heavy atom. The minimum Gasteiger partial charge on any atom is -0.490 e. The van der Waals surface area contributed by atoms with E-state index in [1.54, 1.807) is 13.0 Å². The number of anilines is 1. The molecule has 0 bridgehead atoms. The molecule has 0 aliphatic heterocycles. The molecule has 1 aromatic heterocycles. The number of nitrogens with one attached hydrogen (secondary N) is 1. The predicted octanol–water partition coefficient (Wildman–Crippen LogP) is 3.92. The standard InChI is InChI=1S/C21H19ClF2N2O5S/c1-2-7-32(29,30)26-17-10-15(23)20(24)18(19(17)22)21(28)12-3-4-16-13(8-12)9-14(11-25-16)31-6-5-27/h3-4,8-11,26-27H,2,5-7H2,1H3. The molecular formula is C21H19ClF2N2O5S. The van der Waals surface area contributed by atoms with Crippen molar-refractivity contribution >= 4 is 44.0 Å². The summed E-state index contributed by atoms with van der Waals surface area (Å²) < 4.78 is 60.3. The Kier molecular flexibility index (Phi) is 7.27. The van der Waals surface area contributed by atoms with Gasteiger partial charge in [0.2, 0.25) is 10.0 Å². The lowest BCUT2D eigenvalue weighted by molar-refractivity contribution is 0.103. The number of hydrogen-bond donors (Lipinski definition) is 2. The molecule has 0 radical (unpaired) electrons. The number of aliphatic hydroxyl groups is 1. The van der Waals surface area contributed by atoms with Crippen LogP contribution in [0.25, 0.3) is 10.9 Å². The van der Waals surface area contributed by atoms with Crippen LogP contribution in [0.1, 0.15) is 29.3 Å². The van der Waals surface area contributed by atoms with E-state index < -0.39 is 43.7 Å². The molecule has 0 saturated carbocycles. The van der Waals surface area contributed by atoms with Crippen LogP contribution >= 0.6 is 11.6 Å². The summed E-state index contributed by atoms with van der Waals surface area (Å²) in [5, 5.41) is 8.80. The molecule has 0 aliphatic rings. The van der Waals surface area contributed by atoms with Gasteiger partial charge in [-0.25, -0.2) is 17.2 Å². The molecule has 3 rings (SSSR count). The van der Waals surface area contributed by atoms with Crippen molar-refractivity contribution in [1.29, 1.82) is 0 Å². The van der Waals surface area contributed by atoms with Crippen LogP contribution < -0.4 is 9.46 Å². The van der Waals surface area contributed by atoms with E-state index in [-0.39, 0.29) is 31.0 Å². The Morgan fingerprint density at radius 2 is 2.00 bits per heavy atom. The summed E-state index contributed by atoms with van der Waals surface area (Å²) in [4.78, 5) is 17.2. The predicted molar refractivity (Wildman–Crippen MR) is 117 cm³/mol. The first kappa shape index (κ1) is 23.8. The van der Waals surface area contributed by atoms with E-state index in [1.165, 1.54) is 24.4 Å². The summed E-state index contributed by atoms with van der Waals surface area (Å²) >= 11 is 6.13. The van der Waals surface area contributed by atoms with Crippen LogP contribution in [0.2, 0.25) is 5.02 Å². The third-order valence-electron chi connectivity index (χ3n) is 4.40. The molecule has 0 fully saturated rings. The number of hydrogen-bond acceptors (Lipinski definition) is 6. The number of pyridine rings is 1. The fourth-order valence-corrected chi connectivity index (χ4v) is 4.47. The Morgan fingerprint density at radius 3 is 2.69 bits per heavy atom. The van der Waals surface area contributed by atoms with Gasteiger partial charge in [0.1, 0.15) is 12.4 Å². The second-order valence-corrected chi connectivity index (χ2v) is 9.03. The van der Waals surface area contributed by atoms with Crippen molar-refractivity contribution in [3.8, 4) is 5.75 Å². The molecule has 0 saturated heterocycles. The zero-order chi connectivity index (χ0) is 23.5. The molecule has 0 unspecified atom stereocenters. The van der Waals surface area contributed by atoms with E-state index in [2.05, 4.69) is 9.71 Å². The summed E-state index contributed by atoms with van der Waals surface area (Å²) in [5.41, 5.74) is -0.727. The fraction of sp³-hybridized carbons (Fsp3) is 0.238. The summed E-state index contributed by atoms with van der Waals surface area (Å²) in [7, 11) is -3.86. The molecule has 170 valence electrons. The number of rotatable bonds is 9. The highest BCUT2D eigenvalue weighted by atomic mass is 35.5. The maximum atomic E-state index is 14.6. The minimum atomic E-state index is -3.86. The molecule has 0 aliphatic carbocycles. The van der Waals surface area contributed by atoms with Gasteiger partial charge < -0.3 is 9.84 Å². The molecule has 0 atom stereocenters. The number of nitrogens with zero attached hydrogens (tertiary/aromatic N) is 1. The third-order valence-corrected chi connectivity index (χ3v) is 6.27. The van der Waals surface area contributed by atoms with Gasteiger partial charge >= 0.3 is 0 Å².